The van der Waals surface area contributed by atoms with Crippen molar-refractivity contribution in [2.75, 3.05) is 6.66 Å². The molecule has 0 spiro atoms. The van der Waals surface area contributed by atoms with E-state index in [1.807, 2.05) is 6.66 Å². The van der Waals surface area contributed by atoms with E-state index in [1.165, 1.54) is 6.08 Å². The predicted octanol–water partition coefficient (Wildman–Crippen LogP) is 3.80. The van der Waals surface area contributed by atoms with Crippen molar-refractivity contribution in [1.29, 1.82) is 0 Å². The van der Waals surface area contributed by atoms with E-state index in [0.717, 1.165) is 5.31 Å². The number of halogens is 2. The molecule has 0 saturated heterocycles. The van der Waals surface area contributed by atoms with E-state index < -0.39 is 12.0 Å². The third-order valence-electron chi connectivity index (χ3n) is 1.54. The van der Waals surface area contributed by atoms with Crippen molar-refractivity contribution in [1.82, 2.24) is 0 Å². The zero-order valence-corrected chi connectivity index (χ0v) is 9.70. The summed E-state index contributed by atoms with van der Waals surface area (Å²) in [5.41, 5.74) is 0. The van der Waals surface area contributed by atoms with Crippen molar-refractivity contribution in [3.05, 3.63) is 23.3 Å². The van der Waals surface area contributed by atoms with E-state index in [9.17, 15) is 8.78 Å². The quantitative estimate of drug-likeness (QED) is 0.382. The van der Waals surface area contributed by atoms with E-state index in [-0.39, 0.29) is 0 Å². The van der Waals surface area contributed by atoms with Crippen LogP contribution in [0.2, 0.25) is 0 Å². The van der Waals surface area contributed by atoms with Crippen LogP contribution in [0.3, 0.4) is 0 Å². The van der Waals surface area contributed by atoms with E-state index in [2.05, 4.69) is 11.8 Å². The molecule has 0 fully saturated rings. The average molecular weight is 216 g/mol. The van der Waals surface area contributed by atoms with Gasteiger partial charge in [-0.2, -0.15) is 0 Å². The molecular weight excluding hydrogens is 201 g/mol. The summed E-state index contributed by atoms with van der Waals surface area (Å²) in [5, 5.41) is 0.809. The molecule has 3 heteroatoms. The van der Waals surface area contributed by atoms with Gasteiger partial charge < -0.3 is 0 Å². The number of hydrogen-bond donors (Lipinski definition) is 0. The summed E-state index contributed by atoms with van der Waals surface area (Å²) in [4.78, 5) is 0. The minimum atomic E-state index is -1.78. The van der Waals surface area contributed by atoms with Crippen LogP contribution in [0.25, 0.3) is 0 Å². The smallest absolute Gasteiger partial charge is 0.211 e. The molecule has 0 aromatic heterocycles. The summed E-state index contributed by atoms with van der Waals surface area (Å²) in [7, 11) is 0.467. The first kappa shape index (κ1) is 13.3. The molecule has 2 atom stereocenters. The van der Waals surface area contributed by atoms with Crippen LogP contribution in [-0.2, 0) is 0 Å². The largest absolute Gasteiger partial charge is 0.225 e. The van der Waals surface area contributed by atoms with Gasteiger partial charge in [-0.05, 0) is 25.0 Å². The topological polar surface area (TPSA) is 0 Å². The molecule has 0 bridgehead atoms. The third-order valence-corrected chi connectivity index (χ3v) is 2.55. The standard InChI is InChI=1S/C11H15F2P/c1-4-6-7-10(12)11(13)8-9(5-2)14-3/h5,8,10,14H,4H2,1-3H3/b9-5+,11-8+. The van der Waals surface area contributed by atoms with Gasteiger partial charge in [0.1, 0.15) is 5.83 Å². The molecule has 2 unspecified atom stereocenters. The lowest BCUT2D eigenvalue weighted by atomic mass is 10.3. The lowest BCUT2D eigenvalue weighted by Crippen LogP contribution is -1.96. The van der Waals surface area contributed by atoms with Crippen molar-refractivity contribution in [2.24, 2.45) is 0 Å². The van der Waals surface area contributed by atoms with Crippen LogP contribution >= 0.6 is 8.58 Å². The highest BCUT2D eigenvalue weighted by Crippen LogP contribution is 2.23. The molecule has 0 aromatic rings. The SMILES string of the molecule is C/C=C(\C=C(\F)C(F)C#CCC)PC. The van der Waals surface area contributed by atoms with Gasteiger partial charge in [0, 0.05) is 6.42 Å². The van der Waals surface area contributed by atoms with Gasteiger partial charge in [-0.15, -0.1) is 5.92 Å². The second kappa shape index (κ2) is 7.71. The van der Waals surface area contributed by atoms with Gasteiger partial charge in [0.25, 0.3) is 0 Å². The maximum atomic E-state index is 13.1. The van der Waals surface area contributed by atoms with Gasteiger partial charge in [-0.1, -0.05) is 27.5 Å². The summed E-state index contributed by atoms with van der Waals surface area (Å²) in [6.07, 6.45) is 1.77. The molecule has 0 nitrogen and oxygen atoms in total. The Morgan fingerprint density at radius 3 is 2.64 bits per heavy atom. The van der Waals surface area contributed by atoms with Crippen LogP contribution in [0, 0.1) is 11.8 Å². The van der Waals surface area contributed by atoms with E-state index in [0.29, 0.717) is 15.0 Å². The van der Waals surface area contributed by atoms with Gasteiger partial charge in [0.15, 0.2) is 0 Å². The van der Waals surface area contributed by atoms with Crippen LogP contribution in [-0.4, -0.2) is 12.8 Å². The van der Waals surface area contributed by atoms with Crippen LogP contribution in [0.4, 0.5) is 8.78 Å². The van der Waals surface area contributed by atoms with E-state index in [4.69, 9.17) is 0 Å². The molecule has 0 radical (unpaired) electrons. The second-order valence-corrected chi connectivity index (χ2v) is 3.64. The van der Waals surface area contributed by atoms with E-state index in [1.54, 1.807) is 19.9 Å². The first-order valence-corrected chi connectivity index (χ1v) is 5.99. The molecule has 0 rings (SSSR count). The highest BCUT2D eigenvalue weighted by Gasteiger charge is 2.08. The highest BCUT2D eigenvalue weighted by atomic mass is 31.1. The Balaban J connectivity index is 4.51. The molecular formula is C11H15F2P. The Morgan fingerprint density at radius 2 is 2.21 bits per heavy atom. The average Bonchev–Trinajstić information content (AvgIpc) is 2.21. The number of allylic oxidation sites excluding steroid dienone is 4. The minimum absolute atomic E-state index is 0.467. The Morgan fingerprint density at radius 1 is 1.57 bits per heavy atom. The summed E-state index contributed by atoms with van der Waals surface area (Å²) in [5.74, 6) is 3.92. The number of hydrogen-bond acceptors (Lipinski definition) is 0. The molecule has 0 amide bonds. The maximum absolute atomic E-state index is 13.1. The lowest BCUT2D eigenvalue weighted by molar-refractivity contribution is 0.392. The monoisotopic (exact) mass is 216 g/mol. The van der Waals surface area contributed by atoms with Gasteiger partial charge >= 0.3 is 0 Å². The van der Waals surface area contributed by atoms with Crippen LogP contribution in [0.1, 0.15) is 20.3 Å². The second-order valence-electron chi connectivity index (χ2n) is 2.56. The van der Waals surface area contributed by atoms with E-state index >= 15 is 0 Å². The Labute approximate surface area is 86.3 Å². The molecule has 0 heterocycles. The van der Waals surface area contributed by atoms with Gasteiger partial charge in [-0.3, -0.25) is 0 Å². The van der Waals surface area contributed by atoms with Crippen molar-refractivity contribution in [3.63, 3.8) is 0 Å². The maximum Gasteiger partial charge on any atom is 0.211 e. The summed E-state index contributed by atoms with van der Waals surface area (Å²) >= 11 is 0. The summed E-state index contributed by atoms with van der Waals surface area (Å²) in [6.45, 7) is 5.52. The van der Waals surface area contributed by atoms with Gasteiger partial charge in [0.05, 0.1) is 0 Å². The zero-order chi connectivity index (χ0) is 11.0. The zero-order valence-electron chi connectivity index (χ0n) is 8.70. The van der Waals surface area contributed by atoms with Gasteiger partial charge in [0.2, 0.25) is 6.17 Å². The fraction of sp³-hybridized carbons (Fsp3) is 0.455. The lowest BCUT2D eigenvalue weighted by Gasteiger charge is -1.99. The number of alkyl halides is 1. The molecule has 78 valence electrons. The molecule has 0 aliphatic rings. The van der Waals surface area contributed by atoms with Crippen LogP contribution in [0.15, 0.2) is 23.3 Å². The Hall–Kier alpha value is -0.670. The van der Waals surface area contributed by atoms with Crippen molar-refractivity contribution in [3.8, 4) is 11.8 Å². The normalized spacial score (nSPS) is 15.5. The van der Waals surface area contributed by atoms with Crippen molar-refractivity contribution >= 4 is 8.58 Å². The number of rotatable bonds is 3. The van der Waals surface area contributed by atoms with Gasteiger partial charge in [-0.25, -0.2) is 8.78 Å². The third kappa shape index (κ3) is 5.14. The molecule has 0 saturated carbocycles. The minimum Gasteiger partial charge on any atom is -0.225 e. The molecule has 0 aromatic carbocycles. The molecule has 0 aliphatic heterocycles. The summed E-state index contributed by atoms with van der Waals surface area (Å²) in [6, 6.07) is 0. The fourth-order valence-corrected chi connectivity index (χ4v) is 1.35. The van der Waals surface area contributed by atoms with Crippen LogP contribution < -0.4 is 0 Å². The fourth-order valence-electron chi connectivity index (χ4n) is 0.782. The molecule has 0 N–H and O–H groups in total. The first-order chi connectivity index (χ1) is 6.65. The molecule has 14 heavy (non-hydrogen) atoms. The van der Waals surface area contributed by atoms with Crippen LogP contribution in [0.5, 0.6) is 0 Å². The van der Waals surface area contributed by atoms with Crippen molar-refractivity contribution in [2.45, 2.75) is 26.4 Å². The highest BCUT2D eigenvalue weighted by molar-refractivity contribution is 7.42. The summed E-state index contributed by atoms with van der Waals surface area (Å²) < 4.78 is 26.1. The Bertz CT molecular complexity index is 281. The van der Waals surface area contributed by atoms with Crippen molar-refractivity contribution < 1.29 is 8.78 Å². The Kier molecular flexibility index (Phi) is 7.34. The molecule has 0 aliphatic carbocycles. The first-order valence-electron chi connectivity index (χ1n) is 4.49. The predicted molar refractivity (Wildman–Crippen MR) is 60.2 cm³/mol.